The second kappa shape index (κ2) is 7.00. The summed E-state index contributed by atoms with van der Waals surface area (Å²) in [4.78, 5) is 6.71. The van der Waals surface area contributed by atoms with Gasteiger partial charge in [-0.25, -0.2) is 4.98 Å². The van der Waals surface area contributed by atoms with Crippen molar-refractivity contribution in [2.75, 3.05) is 31.7 Å². The van der Waals surface area contributed by atoms with Crippen LogP contribution in [0.15, 0.2) is 41.8 Å². The normalized spacial score (nSPS) is 17.8. The Labute approximate surface area is 150 Å². The molecule has 1 atom stereocenters. The summed E-state index contributed by atoms with van der Waals surface area (Å²) in [6.45, 7) is 2.23. The maximum Gasteiger partial charge on any atom is 0.185 e. The van der Waals surface area contributed by atoms with Crippen molar-refractivity contribution in [3.05, 3.63) is 53.0 Å². The predicted octanol–water partition coefficient (Wildman–Crippen LogP) is 3.38. The van der Waals surface area contributed by atoms with E-state index < -0.39 is 0 Å². The number of benzene rings is 2. The molecule has 1 aromatic heterocycles. The van der Waals surface area contributed by atoms with Crippen LogP contribution in [0.5, 0.6) is 5.75 Å². The molecule has 3 aromatic rings. The number of rotatable bonds is 4. The molecular formula is C19H20N2O3S. The number of thiazole rings is 1. The summed E-state index contributed by atoms with van der Waals surface area (Å²) in [6.07, 6.45) is 0.0155. The number of hydrogen-bond donors (Lipinski definition) is 1. The Morgan fingerprint density at radius 2 is 2.12 bits per heavy atom. The van der Waals surface area contributed by atoms with E-state index in [1.54, 1.807) is 18.4 Å². The van der Waals surface area contributed by atoms with Crippen LogP contribution in [0.3, 0.4) is 0 Å². The molecule has 2 aromatic carbocycles. The van der Waals surface area contributed by atoms with Crippen LogP contribution in [0.4, 0.5) is 5.13 Å². The average Bonchev–Trinajstić information content (AvgIpc) is 3.16. The van der Waals surface area contributed by atoms with Gasteiger partial charge < -0.3 is 19.5 Å². The van der Waals surface area contributed by atoms with Crippen molar-refractivity contribution >= 4 is 27.2 Å². The van der Waals surface area contributed by atoms with Gasteiger partial charge >= 0.3 is 0 Å². The number of ether oxygens (including phenoxy) is 2. The minimum atomic E-state index is -0.0155. The highest BCUT2D eigenvalue weighted by atomic mass is 32.1. The molecule has 0 bridgehead atoms. The molecule has 0 aliphatic carbocycles. The molecule has 0 radical (unpaired) electrons. The number of aliphatic hydroxyl groups is 1. The fourth-order valence-electron chi connectivity index (χ4n) is 3.11. The van der Waals surface area contributed by atoms with E-state index in [2.05, 4.69) is 34.1 Å². The van der Waals surface area contributed by atoms with Gasteiger partial charge in [0, 0.05) is 11.9 Å². The van der Waals surface area contributed by atoms with Crippen molar-refractivity contribution in [3.8, 4) is 5.75 Å². The number of aliphatic hydroxyl groups excluding tert-OH is 1. The highest BCUT2D eigenvalue weighted by Gasteiger charge is 2.24. The maximum atomic E-state index is 9.21. The molecule has 130 valence electrons. The van der Waals surface area contributed by atoms with Crippen LogP contribution in [0.1, 0.15) is 17.4 Å². The van der Waals surface area contributed by atoms with Crippen LogP contribution in [0.25, 0.3) is 10.8 Å². The van der Waals surface area contributed by atoms with Gasteiger partial charge in [-0.05, 0) is 34.5 Å². The average molecular weight is 356 g/mol. The molecule has 1 fully saturated rings. The van der Waals surface area contributed by atoms with Crippen molar-refractivity contribution in [3.63, 3.8) is 0 Å². The van der Waals surface area contributed by atoms with Gasteiger partial charge in [-0.1, -0.05) is 18.2 Å². The fourth-order valence-corrected chi connectivity index (χ4v) is 3.96. The van der Waals surface area contributed by atoms with Crippen molar-refractivity contribution in [2.45, 2.75) is 12.7 Å². The van der Waals surface area contributed by atoms with E-state index in [9.17, 15) is 5.11 Å². The zero-order chi connectivity index (χ0) is 17.2. The van der Waals surface area contributed by atoms with Crippen LogP contribution in [-0.4, -0.2) is 36.9 Å². The minimum absolute atomic E-state index is 0.0155. The largest absolute Gasteiger partial charge is 0.497 e. The number of morpholine rings is 1. The topological polar surface area (TPSA) is 54.8 Å². The van der Waals surface area contributed by atoms with E-state index in [1.807, 2.05) is 17.5 Å². The Bertz CT molecular complexity index is 880. The smallest absolute Gasteiger partial charge is 0.185 e. The van der Waals surface area contributed by atoms with Crippen LogP contribution in [0.2, 0.25) is 0 Å². The van der Waals surface area contributed by atoms with Gasteiger partial charge in [0.1, 0.15) is 11.9 Å². The van der Waals surface area contributed by atoms with E-state index >= 15 is 0 Å². The van der Waals surface area contributed by atoms with Crippen molar-refractivity contribution < 1.29 is 14.6 Å². The first-order chi connectivity index (χ1) is 12.3. The fraction of sp³-hybridized carbons (Fsp3) is 0.316. The zero-order valence-corrected chi connectivity index (χ0v) is 14.8. The Hall–Kier alpha value is -2.15. The number of nitrogens with zero attached hydrogens (tertiary/aromatic N) is 2. The SMILES string of the molecule is COc1ccc2cc(C3CN(c4nc(CO)cs4)CCO3)ccc2c1. The summed E-state index contributed by atoms with van der Waals surface area (Å²) < 4.78 is 11.3. The second-order valence-electron chi connectivity index (χ2n) is 6.06. The standard InChI is InChI=1S/C19H20N2O3S/c1-23-17-5-4-13-8-15(3-2-14(13)9-17)18-10-21(6-7-24-18)19-20-16(11-22)12-25-19/h2-5,8-9,12,18,22H,6-7,10-11H2,1H3. The maximum absolute atomic E-state index is 9.21. The molecule has 1 aliphatic heterocycles. The molecule has 1 saturated heterocycles. The summed E-state index contributed by atoms with van der Waals surface area (Å²) in [5, 5.41) is 14.4. The monoisotopic (exact) mass is 356 g/mol. The number of aromatic nitrogens is 1. The molecule has 1 unspecified atom stereocenters. The van der Waals surface area contributed by atoms with Gasteiger partial charge in [0.05, 0.1) is 32.6 Å². The lowest BCUT2D eigenvalue weighted by molar-refractivity contribution is 0.0398. The molecule has 25 heavy (non-hydrogen) atoms. The van der Waals surface area contributed by atoms with Gasteiger partial charge in [-0.15, -0.1) is 11.3 Å². The molecule has 2 heterocycles. The van der Waals surface area contributed by atoms with E-state index in [0.717, 1.165) is 35.1 Å². The summed E-state index contributed by atoms with van der Waals surface area (Å²) in [5.41, 5.74) is 1.89. The number of fused-ring (bicyclic) bond motifs is 1. The number of methoxy groups -OCH3 is 1. The lowest BCUT2D eigenvalue weighted by atomic mass is 10.0. The third kappa shape index (κ3) is 3.33. The molecule has 6 heteroatoms. The van der Waals surface area contributed by atoms with Crippen LogP contribution >= 0.6 is 11.3 Å². The van der Waals surface area contributed by atoms with E-state index in [4.69, 9.17) is 9.47 Å². The lowest BCUT2D eigenvalue weighted by Gasteiger charge is -2.33. The second-order valence-corrected chi connectivity index (χ2v) is 6.89. The number of anilines is 1. The predicted molar refractivity (Wildman–Crippen MR) is 99.4 cm³/mol. The summed E-state index contributed by atoms with van der Waals surface area (Å²) in [5.74, 6) is 0.865. The third-order valence-corrected chi connectivity index (χ3v) is 5.43. The first-order valence-corrected chi connectivity index (χ1v) is 9.14. The van der Waals surface area contributed by atoms with E-state index in [0.29, 0.717) is 6.61 Å². The van der Waals surface area contributed by atoms with Gasteiger partial charge in [0.2, 0.25) is 0 Å². The third-order valence-electron chi connectivity index (χ3n) is 4.48. The van der Waals surface area contributed by atoms with Crippen molar-refractivity contribution in [2.24, 2.45) is 0 Å². The highest BCUT2D eigenvalue weighted by molar-refractivity contribution is 7.13. The summed E-state index contributed by atoms with van der Waals surface area (Å²) in [7, 11) is 1.68. The number of hydrogen-bond acceptors (Lipinski definition) is 6. The quantitative estimate of drug-likeness (QED) is 0.777. The molecule has 4 rings (SSSR count). The lowest BCUT2D eigenvalue weighted by Crippen LogP contribution is -2.38. The van der Waals surface area contributed by atoms with E-state index in [1.165, 1.54) is 10.9 Å². The first-order valence-electron chi connectivity index (χ1n) is 8.26. The van der Waals surface area contributed by atoms with Gasteiger partial charge in [0.25, 0.3) is 0 Å². The Morgan fingerprint density at radius 3 is 2.92 bits per heavy atom. The Morgan fingerprint density at radius 1 is 1.28 bits per heavy atom. The van der Waals surface area contributed by atoms with Gasteiger partial charge in [-0.2, -0.15) is 0 Å². The van der Waals surface area contributed by atoms with Crippen LogP contribution in [0, 0.1) is 0 Å². The molecule has 0 amide bonds. The van der Waals surface area contributed by atoms with E-state index in [-0.39, 0.29) is 12.7 Å². The molecule has 1 aliphatic rings. The first kappa shape index (κ1) is 16.3. The highest BCUT2D eigenvalue weighted by Crippen LogP contribution is 2.30. The molecule has 0 spiro atoms. The van der Waals surface area contributed by atoms with Gasteiger partial charge in [0.15, 0.2) is 5.13 Å². The zero-order valence-electron chi connectivity index (χ0n) is 14.0. The summed E-state index contributed by atoms with van der Waals surface area (Å²) in [6, 6.07) is 12.5. The molecule has 0 saturated carbocycles. The Balaban J connectivity index is 1.57. The van der Waals surface area contributed by atoms with Crippen molar-refractivity contribution in [1.82, 2.24) is 4.98 Å². The van der Waals surface area contributed by atoms with Gasteiger partial charge in [-0.3, -0.25) is 0 Å². The molecule has 1 N–H and O–H groups in total. The van der Waals surface area contributed by atoms with Crippen LogP contribution < -0.4 is 9.64 Å². The van der Waals surface area contributed by atoms with Crippen LogP contribution in [-0.2, 0) is 11.3 Å². The molecular weight excluding hydrogens is 336 g/mol. The van der Waals surface area contributed by atoms with Crippen molar-refractivity contribution in [1.29, 1.82) is 0 Å². The summed E-state index contributed by atoms with van der Waals surface area (Å²) >= 11 is 1.57. The minimum Gasteiger partial charge on any atom is -0.497 e. The molecule has 5 nitrogen and oxygen atoms in total. The Kier molecular flexibility index (Phi) is 4.57.